The van der Waals surface area contributed by atoms with Crippen molar-refractivity contribution in [3.05, 3.63) is 101 Å². The molecule has 0 saturated carbocycles. The van der Waals surface area contributed by atoms with Crippen molar-refractivity contribution in [3.63, 3.8) is 0 Å². The van der Waals surface area contributed by atoms with Gasteiger partial charge in [-0.15, -0.1) is 5.10 Å². The number of unbranched alkanes of at least 4 members (excludes halogenated alkanes) is 2. The maximum absolute atomic E-state index is 12.7. The van der Waals surface area contributed by atoms with E-state index in [0.717, 1.165) is 41.5 Å². The van der Waals surface area contributed by atoms with Gasteiger partial charge >= 0.3 is 12.2 Å². The summed E-state index contributed by atoms with van der Waals surface area (Å²) in [6.45, 7) is 1.19. The van der Waals surface area contributed by atoms with Crippen LogP contribution in [0.4, 0.5) is 9.59 Å². The second-order valence-electron chi connectivity index (χ2n) is 11.0. The predicted octanol–water partition coefficient (Wildman–Crippen LogP) is 5.34. The van der Waals surface area contributed by atoms with E-state index < -0.39 is 12.2 Å². The van der Waals surface area contributed by atoms with E-state index in [0.29, 0.717) is 51.0 Å². The van der Waals surface area contributed by atoms with E-state index in [4.69, 9.17) is 9.84 Å². The highest BCUT2D eigenvalue weighted by atomic mass is 16.5. The quantitative estimate of drug-likeness (QED) is 0.0920. The molecular weight excluding hydrogens is 586 g/mol. The number of ether oxygens (including phenoxy) is 1. The molecule has 0 bridgehead atoms. The third-order valence-electron chi connectivity index (χ3n) is 7.48. The van der Waals surface area contributed by atoms with Crippen LogP contribution in [0.15, 0.2) is 78.9 Å². The van der Waals surface area contributed by atoms with E-state index in [-0.39, 0.29) is 18.6 Å². The van der Waals surface area contributed by atoms with Crippen LogP contribution < -0.4 is 16.0 Å². The molecule has 5 N–H and O–H groups in total. The molecule has 1 atom stereocenters. The second-order valence-corrected chi connectivity index (χ2v) is 11.0. The number of carbonyl (C=O) groups is 3. The number of nitrogens with one attached hydrogen (secondary N) is 4. The molecule has 0 radical (unpaired) electrons. The van der Waals surface area contributed by atoms with Crippen molar-refractivity contribution < 1.29 is 24.2 Å². The number of hydrogen-bond donors (Lipinski definition) is 5. The molecular formula is C34H41N7O5. The first-order chi connectivity index (χ1) is 22.5. The maximum atomic E-state index is 12.7. The number of nitrogens with zero attached hydrogens (tertiary/aromatic N) is 3. The van der Waals surface area contributed by atoms with Gasteiger partial charge in [-0.05, 0) is 83.2 Å². The largest absolute Gasteiger partial charge is 0.465 e. The number of aryl methyl sites for hydroxylation is 2. The first-order valence-electron chi connectivity index (χ1n) is 15.6. The Morgan fingerprint density at radius 2 is 1.41 bits per heavy atom. The smallest absolute Gasteiger partial charge is 0.407 e. The highest BCUT2D eigenvalue weighted by molar-refractivity contribution is 5.76. The van der Waals surface area contributed by atoms with Crippen molar-refractivity contribution in [1.29, 1.82) is 0 Å². The molecule has 3 aromatic carbocycles. The van der Waals surface area contributed by atoms with Gasteiger partial charge in [0, 0.05) is 19.5 Å². The van der Waals surface area contributed by atoms with Crippen LogP contribution in [0, 0.1) is 0 Å². The summed E-state index contributed by atoms with van der Waals surface area (Å²) in [6, 6.07) is 26.0. The number of aromatic nitrogens is 4. The third kappa shape index (κ3) is 12.0. The third-order valence-corrected chi connectivity index (χ3v) is 7.48. The molecule has 46 heavy (non-hydrogen) atoms. The lowest BCUT2D eigenvalue weighted by Crippen LogP contribution is -2.30. The Balaban J connectivity index is 1.13. The van der Waals surface area contributed by atoms with Gasteiger partial charge < -0.3 is 25.8 Å². The van der Waals surface area contributed by atoms with E-state index in [1.807, 2.05) is 42.5 Å². The zero-order valence-electron chi connectivity index (χ0n) is 25.8. The Hall–Kier alpha value is -5.26. The fourth-order valence-corrected chi connectivity index (χ4v) is 4.93. The zero-order chi connectivity index (χ0) is 32.4. The molecule has 3 amide bonds. The lowest BCUT2D eigenvalue weighted by molar-refractivity contribution is -0.121. The summed E-state index contributed by atoms with van der Waals surface area (Å²) in [4.78, 5) is 35.2. The molecule has 242 valence electrons. The highest BCUT2D eigenvalue weighted by Crippen LogP contribution is 2.22. The number of aromatic amines is 1. The van der Waals surface area contributed by atoms with Crippen LogP contribution in [0.3, 0.4) is 0 Å². The van der Waals surface area contributed by atoms with Crippen LogP contribution in [0.25, 0.3) is 11.1 Å². The standard InChI is InChI=1S/C34H41N7O5/c42-31(37-30(32-38-40-41-39-32)11-5-7-22-35-33(43)44)21-16-26-14-19-29(20-15-26)28-17-12-25(13-18-28)8-4-6-23-36-34(45)46-24-27-9-2-1-3-10-27/h1-3,9-10,12-15,17-20,30,35H,4-8,11,16,21-24H2,(H,36,45)(H,37,42)(H,43,44)(H,38,39,40,41). The van der Waals surface area contributed by atoms with Gasteiger partial charge in [0.15, 0.2) is 5.82 Å². The van der Waals surface area contributed by atoms with Crippen LogP contribution >= 0.6 is 0 Å². The van der Waals surface area contributed by atoms with Crippen molar-refractivity contribution in [2.24, 2.45) is 0 Å². The summed E-state index contributed by atoms with van der Waals surface area (Å²) in [5.41, 5.74) is 5.50. The van der Waals surface area contributed by atoms with Crippen LogP contribution in [-0.2, 0) is 29.0 Å². The molecule has 0 fully saturated rings. The SMILES string of the molecule is O=C(O)NCCCCC(NC(=O)CCc1ccc(-c2ccc(CCCCNC(=O)OCc3ccccc3)cc2)cc1)c1nnn[nH]1. The minimum Gasteiger partial charge on any atom is -0.465 e. The van der Waals surface area contributed by atoms with E-state index in [2.05, 4.69) is 73.0 Å². The van der Waals surface area contributed by atoms with Crippen molar-refractivity contribution >= 4 is 18.1 Å². The van der Waals surface area contributed by atoms with E-state index in [1.54, 1.807) is 0 Å². The van der Waals surface area contributed by atoms with Crippen LogP contribution in [-0.4, -0.2) is 56.9 Å². The van der Waals surface area contributed by atoms with Gasteiger partial charge in [-0.3, -0.25) is 4.79 Å². The summed E-state index contributed by atoms with van der Waals surface area (Å²) >= 11 is 0. The normalized spacial score (nSPS) is 11.4. The van der Waals surface area contributed by atoms with Gasteiger partial charge in [0.2, 0.25) is 5.91 Å². The number of alkyl carbamates (subject to hydrolysis) is 1. The van der Waals surface area contributed by atoms with Gasteiger partial charge in [-0.2, -0.15) is 0 Å². The number of rotatable bonds is 18. The van der Waals surface area contributed by atoms with Crippen LogP contribution in [0.5, 0.6) is 0 Å². The summed E-state index contributed by atoms with van der Waals surface area (Å²) in [5.74, 6) is 0.368. The van der Waals surface area contributed by atoms with Crippen molar-refractivity contribution in [1.82, 2.24) is 36.6 Å². The van der Waals surface area contributed by atoms with Gasteiger partial charge in [0.05, 0.1) is 6.04 Å². The minimum atomic E-state index is -1.05. The fourth-order valence-electron chi connectivity index (χ4n) is 4.93. The molecule has 1 aromatic heterocycles. The van der Waals surface area contributed by atoms with Crippen molar-refractivity contribution in [2.45, 2.75) is 64.0 Å². The molecule has 0 aliphatic heterocycles. The number of tetrazole rings is 1. The monoisotopic (exact) mass is 627 g/mol. The molecule has 12 nitrogen and oxygen atoms in total. The first kappa shape index (κ1) is 33.6. The molecule has 0 aliphatic rings. The average molecular weight is 628 g/mol. The van der Waals surface area contributed by atoms with E-state index in [1.165, 1.54) is 5.56 Å². The Labute approximate surface area is 268 Å². The Morgan fingerprint density at radius 1 is 0.761 bits per heavy atom. The van der Waals surface area contributed by atoms with E-state index in [9.17, 15) is 14.4 Å². The molecule has 0 saturated heterocycles. The van der Waals surface area contributed by atoms with Gasteiger partial charge in [-0.1, -0.05) is 78.9 Å². The number of carbonyl (C=O) groups excluding carboxylic acids is 2. The van der Waals surface area contributed by atoms with E-state index >= 15 is 0 Å². The number of hydrogen-bond acceptors (Lipinski definition) is 7. The summed E-state index contributed by atoms with van der Waals surface area (Å²) in [5, 5.41) is 30.7. The molecule has 12 heteroatoms. The molecule has 1 unspecified atom stereocenters. The lowest BCUT2D eigenvalue weighted by atomic mass is 9.99. The molecule has 4 rings (SSSR count). The topological polar surface area (TPSA) is 171 Å². The summed E-state index contributed by atoms with van der Waals surface area (Å²) < 4.78 is 5.24. The molecule has 1 heterocycles. The Bertz CT molecular complexity index is 1480. The number of carboxylic acid groups (broad SMARTS) is 1. The lowest BCUT2D eigenvalue weighted by Gasteiger charge is -2.16. The number of benzene rings is 3. The molecule has 4 aromatic rings. The maximum Gasteiger partial charge on any atom is 0.407 e. The van der Waals surface area contributed by atoms with Crippen LogP contribution in [0.1, 0.15) is 67.1 Å². The minimum absolute atomic E-state index is 0.108. The Morgan fingerprint density at radius 3 is 2.07 bits per heavy atom. The number of amides is 3. The van der Waals surface area contributed by atoms with Gasteiger partial charge in [-0.25, -0.2) is 14.7 Å². The second kappa shape index (κ2) is 18.5. The predicted molar refractivity (Wildman–Crippen MR) is 173 cm³/mol. The summed E-state index contributed by atoms with van der Waals surface area (Å²) in [7, 11) is 0. The van der Waals surface area contributed by atoms with Crippen molar-refractivity contribution in [2.75, 3.05) is 13.1 Å². The van der Waals surface area contributed by atoms with Crippen LogP contribution in [0.2, 0.25) is 0 Å². The van der Waals surface area contributed by atoms with Crippen molar-refractivity contribution in [3.8, 4) is 11.1 Å². The summed E-state index contributed by atoms with van der Waals surface area (Å²) in [6.07, 6.45) is 4.14. The molecule has 0 spiro atoms. The number of H-pyrrole nitrogens is 1. The fraction of sp³-hybridized carbons (Fsp3) is 0.353. The van der Waals surface area contributed by atoms with Gasteiger partial charge in [0.25, 0.3) is 0 Å². The van der Waals surface area contributed by atoms with Gasteiger partial charge in [0.1, 0.15) is 6.61 Å². The first-order valence-corrected chi connectivity index (χ1v) is 15.6. The zero-order valence-corrected chi connectivity index (χ0v) is 25.8. The Kier molecular flexibility index (Phi) is 13.5. The average Bonchev–Trinajstić information content (AvgIpc) is 3.62. The highest BCUT2D eigenvalue weighted by Gasteiger charge is 2.18. The molecule has 0 aliphatic carbocycles.